The lowest BCUT2D eigenvalue weighted by atomic mass is 10.2. The van der Waals surface area contributed by atoms with E-state index < -0.39 is 6.03 Å². The summed E-state index contributed by atoms with van der Waals surface area (Å²) in [6.45, 7) is 2.48. The third-order valence-corrected chi connectivity index (χ3v) is 3.81. The molecule has 0 aliphatic carbocycles. The van der Waals surface area contributed by atoms with Crippen molar-refractivity contribution in [1.29, 1.82) is 0 Å². The fourth-order valence-corrected chi connectivity index (χ4v) is 2.34. The summed E-state index contributed by atoms with van der Waals surface area (Å²) in [7, 11) is 1.53. The minimum absolute atomic E-state index is 0.0592. The molecular weight excluding hydrogens is 360 g/mol. The van der Waals surface area contributed by atoms with Gasteiger partial charge in [-0.05, 0) is 36.4 Å². The molecular formula is C20H24N4O4. The van der Waals surface area contributed by atoms with Crippen molar-refractivity contribution in [2.24, 2.45) is 0 Å². The topological polar surface area (TPSA) is 109 Å². The molecule has 0 spiro atoms. The molecule has 0 aliphatic heterocycles. The van der Waals surface area contributed by atoms with Gasteiger partial charge in [-0.2, -0.15) is 0 Å². The van der Waals surface area contributed by atoms with Crippen molar-refractivity contribution in [2.75, 3.05) is 30.8 Å². The van der Waals surface area contributed by atoms with Gasteiger partial charge in [0.25, 0.3) is 5.91 Å². The molecule has 0 fully saturated rings. The number of carbonyl (C=O) groups is 3. The summed E-state index contributed by atoms with van der Waals surface area (Å²) in [5.74, 6) is 0.242. The highest BCUT2D eigenvalue weighted by molar-refractivity contribution is 6.01. The lowest BCUT2D eigenvalue weighted by Gasteiger charge is -2.11. The zero-order chi connectivity index (χ0) is 20.4. The van der Waals surface area contributed by atoms with Crippen molar-refractivity contribution in [3.8, 4) is 5.75 Å². The molecule has 0 saturated carbocycles. The number of rotatable bonds is 8. The van der Waals surface area contributed by atoms with Crippen LogP contribution in [0.1, 0.15) is 23.7 Å². The van der Waals surface area contributed by atoms with Crippen molar-refractivity contribution in [3.05, 3.63) is 54.1 Å². The number of anilines is 2. The van der Waals surface area contributed by atoms with Crippen LogP contribution in [0.4, 0.5) is 16.2 Å². The summed E-state index contributed by atoms with van der Waals surface area (Å²) in [5.41, 5.74) is 1.55. The number of carbonyl (C=O) groups excluding carboxylic acids is 3. The Hall–Kier alpha value is -3.55. The highest BCUT2D eigenvalue weighted by atomic mass is 16.5. The zero-order valence-electron chi connectivity index (χ0n) is 15.9. The largest absolute Gasteiger partial charge is 0.495 e. The first-order chi connectivity index (χ1) is 13.5. The van der Waals surface area contributed by atoms with Crippen molar-refractivity contribution in [2.45, 2.75) is 13.3 Å². The molecule has 0 radical (unpaired) electrons. The van der Waals surface area contributed by atoms with E-state index >= 15 is 0 Å². The molecule has 0 aromatic heterocycles. The molecule has 0 unspecified atom stereocenters. The van der Waals surface area contributed by atoms with Crippen LogP contribution in [-0.4, -0.2) is 38.0 Å². The smallest absolute Gasteiger partial charge is 0.323 e. The molecule has 148 valence electrons. The summed E-state index contributed by atoms with van der Waals surface area (Å²) < 4.78 is 5.19. The maximum Gasteiger partial charge on any atom is 0.323 e. The van der Waals surface area contributed by atoms with Crippen LogP contribution < -0.4 is 26.0 Å². The molecule has 4 N–H and O–H groups in total. The first-order valence-electron chi connectivity index (χ1n) is 8.89. The van der Waals surface area contributed by atoms with Gasteiger partial charge in [0.05, 0.1) is 12.8 Å². The normalized spacial score (nSPS) is 9.93. The first kappa shape index (κ1) is 20.8. The number of methoxy groups -OCH3 is 1. The summed E-state index contributed by atoms with van der Waals surface area (Å²) in [4.78, 5) is 35.3. The number of urea groups is 1. The summed E-state index contributed by atoms with van der Waals surface area (Å²) >= 11 is 0. The predicted octanol–water partition coefficient (Wildman–Crippen LogP) is 2.60. The van der Waals surface area contributed by atoms with Crippen LogP contribution in [0.5, 0.6) is 5.75 Å². The van der Waals surface area contributed by atoms with Crippen molar-refractivity contribution in [1.82, 2.24) is 10.6 Å². The molecule has 8 nitrogen and oxygen atoms in total. The molecule has 2 aromatic rings. The van der Waals surface area contributed by atoms with Crippen LogP contribution in [-0.2, 0) is 4.79 Å². The van der Waals surface area contributed by atoms with Gasteiger partial charge in [-0.1, -0.05) is 19.1 Å². The van der Waals surface area contributed by atoms with Gasteiger partial charge in [0.15, 0.2) is 0 Å². The Kier molecular flexibility index (Phi) is 7.83. The van der Waals surface area contributed by atoms with E-state index in [4.69, 9.17) is 4.74 Å². The Bertz CT molecular complexity index is 821. The van der Waals surface area contributed by atoms with Crippen molar-refractivity contribution >= 4 is 29.2 Å². The van der Waals surface area contributed by atoms with Gasteiger partial charge < -0.3 is 26.0 Å². The predicted molar refractivity (Wildman–Crippen MR) is 108 cm³/mol. The molecule has 0 saturated heterocycles. The highest BCUT2D eigenvalue weighted by Crippen LogP contribution is 2.23. The second kappa shape index (κ2) is 10.6. The molecule has 0 bridgehead atoms. The first-order valence-corrected chi connectivity index (χ1v) is 8.89. The van der Waals surface area contributed by atoms with E-state index in [1.165, 1.54) is 7.11 Å². The Labute approximate surface area is 163 Å². The number of hydrogen-bond acceptors (Lipinski definition) is 4. The molecule has 2 rings (SSSR count). The summed E-state index contributed by atoms with van der Waals surface area (Å²) in [6, 6.07) is 13.1. The Balaban J connectivity index is 1.84. The van der Waals surface area contributed by atoms with Crippen LogP contribution in [0.15, 0.2) is 48.5 Å². The molecule has 0 atom stereocenters. The van der Waals surface area contributed by atoms with Gasteiger partial charge in [-0.15, -0.1) is 0 Å². The molecule has 0 heterocycles. The minimum atomic E-state index is -0.423. The highest BCUT2D eigenvalue weighted by Gasteiger charge is 2.08. The number of benzene rings is 2. The molecule has 8 heteroatoms. The van der Waals surface area contributed by atoms with Crippen LogP contribution >= 0.6 is 0 Å². The number of ether oxygens (including phenoxy) is 1. The van der Waals surface area contributed by atoms with E-state index in [0.29, 0.717) is 42.2 Å². The quantitative estimate of drug-likeness (QED) is 0.525. The number of nitrogens with one attached hydrogen (secondary N) is 4. The third kappa shape index (κ3) is 6.31. The SMILES string of the molecule is CCC(=O)NCCNC(=O)c1ccc(NC(=O)Nc2ccccc2OC)cc1. The zero-order valence-corrected chi connectivity index (χ0v) is 15.9. The molecule has 28 heavy (non-hydrogen) atoms. The third-order valence-electron chi connectivity index (χ3n) is 3.81. The van der Waals surface area contributed by atoms with E-state index in [1.54, 1.807) is 49.4 Å². The fraction of sp³-hybridized carbons (Fsp3) is 0.250. The second-order valence-corrected chi connectivity index (χ2v) is 5.82. The van der Waals surface area contributed by atoms with Gasteiger partial charge >= 0.3 is 6.03 Å². The van der Waals surface area contributed by atoms with Crippen LogP contribution in [0.25, 0.3) is 0 Å². The monoisotopic (exact) mass is 384 g/mol. The lowest BCUT2D eigenvalue weighted by Crippen LogP contribution is -2.34. The van der Waals surface area contributed by atoms with Crippen molar-refractivity contribution < 1.29 is 19.1 Å². The number of hydrogen-bond donors (Lipinski definition) is 4. The van der Waals surface area contributed by atoms with E-state index in [2.05, 4.69) is 21.3 Å². The van der Waals surface area contributed by atoms with Crippen LogP contribution in [0.3, 0.4) is 0 Å². The number of amides is 4. The number of para-hydroxylation sites is 2. The van der Waals surface area contributed by atoms with Gasteiger partial charge in [0, 0.05) is 30.8 Å². The Morgan fingerprint density at radius 1 is 0.893 bits per heavy atom. The Morgan fingerprint density at radius 3 is 2.25 bits per heavy atom. The van der Waals surface area contributed by atoms with Gasteiger partial charge in [0.1, 0.15) is 5.75 Å². The average Bonchev–Trinajstić information content (AvgIpc) is 2.71. The molecule has 2 aromatic carbocycles. The minimum Gasteiger partial charge on any atom is -0.495 e. The van der Waals surface area contributed by atoms with E-state index in [1.807, 2.05) is 6.07 Å². The van der Waals surface area contributed by atoms with Gasteiger partial charge in [-0.25, -0.2) is 4.79 Å². The van der Waals surface area contributed by atoms with Gasteiger partial charge in [0.2, 0.25) is 5.91 Å². The summed E-state index contributed by atoms with van der Waals surface area (Å²) in [5, 5.41) is 10.8. The van der Waals surface area contributed by atoms with Crippen LogP contribution in [0, 0.1) is 0 Å². The Morgan fingerprint density at radius 2 is 1.57 bits per heavy atom. The standard InChI is InChI=1S/C20H24N4O4/c1-3-18(25)21-12-13-22-19(26)14-8-10-15(11-9-14)23-20(27)24-16-6-4-5-7-17(16)28-2/h4-11H,3,12-13H2,1-2H3,(H,21,25)(H,22,26)(H2,23,24,27). The van der Waals surface area contributed by atoms with Gasteiger partial charge in [-0.3, -0.25) is 9.59 Å². The van der Waals surface area contributed by atoms with E-state index in [0.717, 1.165) is 0 Å². The van der Waals surface area contributed by atoms with Crippen LogP contribution in [0.2, 0.25) is 0 Å². The fourth-order valence-electron chi connectivity index (χ4n) is 2.34. The molecule has 4 amide bonds. The average molecular weight is 384 g/mol. The maximum absolute atomic E-state index is 12.1. The van der Waals surface area contributed by atoms with E-state index in [-0.39, 0.29) is 11.8 Å². The lowest BCUT2D eigenvalue weighted by molar-refractivity contribution is -0.120. The second-order valence-electron chi connectivity index (χ2n) is 5.82. The summed E-state index contributed by atoms with van der Waals surface area (Å²) in [6.07, 6.45) is 0.410. The maximum atomic E-state index is 12.1. The van der Waals surface area contributed by atoms with Crippen molar-refractivity contribution in [3.63, 3.8) is 0 Å². The molecule has 0 aliphatic rings. The van der Waals surface area contributed by atoms with E-state index in [9.17, 15) is 14.4 Å².